The van der Waals surface area contributed by atoms with Gasteiger partial charge in [-0.15, -0.1) is 11.3 Å². The van der Waals surface area contributed by atoms with E-state index in [1.165, 1.54) is 11.3 Å². The molecule has 0 aliphatic rings. The van der Waals surface area contributed by atoms with Gasteiger partial charge < -0.3 is 0 Å². The maximum atomic E-state index is 9.40. The standard InChI is InChI=1S/C17H10BrN3S/c18-15-3-1-12(2-4-15)9-14(10-19)17-21-16(11-22-17)13-5-7-20-8-6-13/h1-9,11H/b14-9-. The first kappa shape index (κ1) is 14.6. The summed E-state index contributed by atoms with van der Waals surface area (Å²) in [6.45, 7) is 0. The molecule has 22 heavy (non-hydrogen) atoms. The summed E-state index contributed by atoms with van der Waals surface area (Å²) < 4.78 is 1.01. The SMILES string of the molecule is N#C/C(=C/c1ccc(Br)cc1)c1nc(-c2ccncc2)cs1. The minimum Gasteiger partial charge on any atom is -0.265 e. The Hall–Kier alpha value is -2.29. The average molecular weight is 368 g/mol. The summed E-state index contributed by atoms with van der Waals surface area (Å²) in [7, 11) is 0. The average Bonchev–Trinajstić information content (AvgIpc) is 3.05. The first-order chi connectivity index (χ1) is 10.8. The molecule has 2 aromatic heterocycles. The van der Waals surface area contributed by atoms with Crippen LogP contribution in [0.3, 0.4) is 0 Å². The fourth-order valence-electron chi connectivity index (χ4n) is 1.92. The largest absolute Gasteiger partial charge is 0.265 e. The molecule has 0 amide bonds. The normalized spacial score (nSPS) is 11.2. The third kappa shape index (κ3) is 3.30. The van der Waals surface area contributed by atoms with Crippen LogP contribution < -0.4 is 0 Å². The highest BCUT2D eigenvalue weighted by Gasteiger charge is 2.09. The van der Waals surface area contributed by atoms with Crippen LogP contribution in [-0.4, -0.2) is 9.97 Å². The Bertz CT molecular complexity index is 846. The third-order valence-electron chi connectivity index (χ3n) is 3.01. The first-order valence-corrected chi connectivity index (χ1v) is 8.17. The molecule has 0 fully saturated rings. The van der Waals surface area contributed by atoms with E-state index in [1.807, 2.05) is 47.9 Å². The number of halogens is 1. The quantitative estimate of drug-likeness (QED) is 0.609. The van der Waals surface area contributed by atoms with E-state index in [0.29, 0.717) is 5.57 Å². The summed E-state index contributed by atoms with van der Waals surface area (Å²) in [6, 6.07) is 13.9. The zero-order valence-corrected chi connectivity index (χ0v) is 13.8. The van der Waals surface area contributed by atoms with Crippen LogP contribution in [0.15, 0.2) is 58.6 Å². The number of rotatable bonds is 3. The smallest absolute Gasteiger partial charge is 0.134 e. The van der Waals surface area contributed by atoms with E-state index >= 15 is 0 Å². The topological polar surface area (TPSA) is 49.6 Å². The van der Waals surface area contributed by atoms with Gasteiger partial charge in [-0.1, -0.05) is 28.1 Å². The van der Waals surface area contributed by atoms with E-state index in [4.69, 9.17) is 0 Å². The fraction of sp³-hybridized carbons (Fsp3) is 0. The van der Waals surface area contributed by atoms with Crippen molar-refractivity contribution in [2.45, 2.75) is 0 Å². The maximum Gasteiger partial charge on any atom is 0.134 e. The predicted molar refractivity (Wildman–Crippen MR) is 93.0 cm³/mol. The number of nitriles is 1. The van der Waals surface area contributed by atoms with Crippen LogP contribution in [0.2, 0.25) is 0 Å². The third-order valence-corrected chi connectivity index (χ3v) is 4.42. The summed E-state index contributed by atoms with van der Waals surface area (Å²) in [5.41, 5.74) is 3.39. The summed E-state index contributed by atoms with van der Waals surface area (Å²) in [6.07, 6.45) is 5.32. The molecule has 0 N–H and O–H groups in total. The minimum absolute atomic E-state index is 0.563. The van der Waals surface area contributed by atoms with E-state index in [9.17, 15) is 5.26 Å². The molecule has 0 saturated heterocycles. The van der Waals surface area contributed by atoms with Crippen LogP contribution in [0.25, 0.3) is 22.9 Å². The first-order valence-electron chi connectivity index (χ1n) is 6.50. The molecule has 3 rings (SSSR count). The molecule has 0 unspecified atom stereocenters. The van der Waals surface area contributed by atoms with Gasteiger partial charge in [0, 0.05) is 27.8 Å². The number of nitrogens with zero attached hydrogens (tertiary/aromatic N) is 3. The number of allylic oxidation sites excluding steroid dienone is 1. The number of hydrogen-bond acceptors (Lipinski definition) is 4. The zero-order valence-electron chi connectivity index (χ0n) is 11.4. The van der Waals surface area contributed by atoms with Crippen LogP contribution in [-0.2, 0) is 0 Å². The predicted octanol–water partition coefficient (Wildman–Crippen LogP) is 5.03. The number of hydrogen-bond donors (Lipinski definition) is 0. The van der Waals surface area contributed by atoms with Crippen molar-refractivity contribution in [2.75, 3.05) is 0 Å². The maximum absolute atomic E-state index is 9.40. The van der Waals surface area contributed by atoms with Crippen LogP contribution in [0.5, 0.6) is 0 Å². The van der Waals surface area contributed by atoms with E-state index in [1.54, 1.807) is 12.4 Å². The molecule has 1 aromatic carbocycles. The number of thiazole rings is 1. The van der Waals surface area contributed by atoms with Crippen molar-refractivity contribution in [1.82, 2.24) is 9.97 Å². The van der Waals surface area contributed by atoms with Crippen molar-refractivity contribution in [3.63, 3.8) is 0 Å². The molecule has 0 atom stereocenters. The van der Waals surface area contributed by atoms with Gasteiger partial charge in [0.15, 0.2) is 0 Å². The molecule has 106 valence electrons. The van der Waals surface area contributed by atoms with E-state index < -0.39 is 0 Å². The lowest BCUT2D eigenvalue weighted by Crippen LogP contribution is -1.83. The molecule has 0 aliphatic carbocycles. The molecular formula is C17H10BrN3S. The van der Waals surface area contributed by atoms with Gasteiger partial charge in [-0.2, -0.15) is 5.26 Å². The molecule has 0 radical (unpaired) electrons. The highest BCUT2D eigenvalue weighted by Crippen LogP contribution is 2.27. The number of aromatic nitrogens is 2. The molecule has 3 nitrogen and oxygen atoms in total. The molecule has 2 heterocycles. The molecular weight excluding hydrogens is 358 g/mol. The zero-order chi connectivity index (χ0) is 15.4. The van der Waals surface area contributed by atoms with Crippen molar-refractivity contribution >= 4 is 38.9 Å². The van der Waals surface area contributed by atoms with Gasteiger partial charge in [-0.25, -0.2) is 4.98 Å². The Morgan fingerprint density at radius 2 is 1.86 bits per heavy atom. The van der Waals surface area contributed by atoms with Crippen molar-refractivity contribution in [3.8, 4) is 17.3 Å². The summed E-state index contributed by atoms with van der Waals surface area (Å²) in [5.74, 6) is 0. The Kier molecular flexibility index (Phi) is 4.42. The van der Waals surface area contributed by atoms with Gasteiger partial charge in [0.25, 0.3) is 0 Å². The molecule has 0 bridgehead atoms. The highest BCUT2D eigenvalue weighted by atomic mass is 79.9. The van der Waals surface area contributed by atoms with Crippen LogP contribution >= 0.6 is 27.3 Å². The van der Waals surface area contributed by atoms with Crippen LogP contribution in [0.4, 0.5) is 0 Å². The number of benzene rings is 1. The van der Waals surface area contributed by atoms with Crippen LogP contribution in [0, 0.1) is 11.3 Å². The molecule has 0 aliphatic heterocycles. The number of pyridine rings is 1. The van der Waals surface area contributed by atoms with Crippen molar-refractivity contribution < 1.29 is 0 Å². The van der Waals surface area contributed by atoms with Crippen molar-refractivity contribution in [3.05, 3.63) is 69.2 Å². The van der Waals surface area contributed by atoms with E-state index in [2.05, 4.69) is 32.0 Å². The molecule has 0 spiro atoms. The molecule has 0 saturated carbocycles. The fourth-order valence-corrected chi connectivity index (χ4v) is 2.98. The van der Waals surface area contributed by atoms with Gasteiger partial charge >= 0.3 is 0 Å². The van der Waals surface area contributed by atoms with E-state index in [-0.39, 0.29) is 0 Å². The lowest BCUT2D eigenvalue weighted by Gasteiger charge is -1.97. The second-order valence-electron chi connectivity index (χ2n) is 4.50. The van der Waals surface area contributed by atoms with Gasteiger partial charge in [0.2, 0.25) is 0 Å². The lowest BCUT2D eigenvalue weighted by atomic mass is 10.1. The summed E-state index contributed by atoms with van der Waals surface area (Å²) in [5, 5.41) is 12.1. The minimum atomic E-state index is 0.563. The van der Waals surface area contributed by atoms with Crippen LogP contribution in [0.1, 0.15) is 10.6 Å². The Morgan fingerprint density at radius 1 is 1.14 bits per heavy atom. The van der Waals surface area contributed by atoms with Crippen molar-refractivity contribution in [2.24, 2.45) is 0 Å². The lowest BCUT2D eigenvalue weighted by molar-refractivity contribution is 1.31. The van der Waals surface area contributed by atoms with Gasteiger partial charge in [0.05, 0.1) is 11.3 Å². The van der Waals surface area contributed by atoms with Gasteiger partial charge in [0.1, 0.15) is 11.1 Å². The van der Waals surface area contributed by atoms with Gasteiger partial charge in [-0.05, 0) is 35.9 Å². The molecule has 5 heteroatoms. The Balaban J connectivity index is 1.94. The van der Waals surface area contributed by atoms with Crippen molar-refractivity contribution in [1.29, 1.82) is 5.26 Å². The monoisotopic (exact) mass is 367 g/mol. The second-order valence-corrected chi connectivity index (χ2v) is 6.27. The second kappa shape index (κ2) is 6.65. The Morgan fingerprint density at radius 3 is 2.55 bits per heavy atom. The Labute approximate surface area is 140 Å². The van der Waals surface area contributed by atoms with Gasteiger partial charge in [-0.3, -0.25) is 4.98 Å². The highest BCUT2D eigenvalue weighted by molar-refractivity contribution is 9.10. The van der Waals surface area contributed by atoms with E-state index in [0.717, 1.165) is 26.3 Å². The summed E-state index contributed by atoms with van der Waals surface area (Å²) in [4.78, 5) is 8.56. The molecule has 3 aromatic rings. The summed E-state index contributed by atoms with van der Waals surface area (Å²) >= 11 is 4.87.